The highest BCUT2D eigenvalue weighted by atomic mass is 19.1. The Kier molecular flexibility index (Phi) is 6.45. The van der Waals surface area contributed by atoms with Gasteiger partial charge in [-0.2, -0.15) is 0 Å². The van der Waals surface area contributed by atoms with Crippen molar-refractivity contribution in [3.05, 3.63) is 0 Å². The number of rotatable bonds is 0. The van der Waals surface area contributed by atoms with Crippen LogP contribution in [0, 0.1) is 11.8 Å². The Morgan fingerprint density at radius 3 is 2.66 bits per heavy atom. The van der Waals surface area contributed by atoms with Crippen LogP contribution in [0.4, 0.5) is 4.39 Å². The van der Waals surface area contributed by atoms with Gasteiger partial charge in [0, 0.05) is 19.0 Å². The number of morpholine rings is 1. The lowest BCUT2D eigenvalue weighted by Crippen LogP contribution is -2.70. The van der Waals surface area contributed by atoms with E-state index in [-0.39, 0.29) is 17.6 Å². The number of piperidine rings is 1. The average Bonchev–Trinajstić information content (AvgIpc) is 2.76. The van der Waals surface area contributed by atoms with Crippen LogP contribution in [-0.2, 0) is 14.2 Å². The van der Waals surface area contributed by atoms with Crippen LogP contribution >= 0.6 is 0 Å². The van der Waals surface area contributed by atoms with Crippen LogP contribution in [0.1, 0.15) is 57.8 Å². The van der Waals surface area contributed by atoms with E-state index in [2.05, 4.69) is 10.2 Å². The van der Waals surface area contributed by atoms with E-state index in [0.717, 1.165) is 90.8 Å². The van der Waals surface area contributed by atoms with E-state index in [9.17, 15) is 4.39 Å². The van der Waals surface area contributed by atoms with Crippen LogP contribution in [0.5, 0.6) is 0 Å². The standard InChI is InChI=1S/C23H39FN2O3/c24-19-3-1-4-20-22(19)17-5-7-18(8-6-17)29-15-21-23(16-27-13-10-25-23)9-2-11-26(21)12-14-28-20/h17-22,25H,1-16H2/t17?,18?,19?,20?,21-,22?,23+/m0/s1. The van der Waals surface area contributed by atoms with Crippen LogP contribution in [-0.4, -0.2) is 80.9 Å². The van der Waals surface area contributed by atoms with Crippen molar-refractivity contribution in [1.82, 2.24) is 10.2 Å². The van der Waals surface area contributed by atoms with Crippen LogP contribution < -0.4 is 5.32 Å². The highest BCUT2D eigenvalue weighted by molar-refractivity contribution is 5.05. The fourth-order valence-electron chi connectivity index (χ4n) is 6.97. The molecule has 2 aliphatic carbocycles. The smallest absolute Gasteiger partial charge is 0.106 e. The number of alkyl halides is 1. The number of hydrogen-bond acceptors (Lipinski definition) is 5. The lowest BCUT2D eigenvalue weighted by molar-refractivity contribution is -0.0948. The summed E-state index contributed by atoms with van der Waals surface area (Å²) in [6.45, 7) is 5.98. The minimum Gasteiger partial charge on any atom is -0.378 e. The van der Waals surface area contributed by atoms with E-state index < -0.39 is 6.17 Å². The van der Waals surface area contributed by atoms with Gasteiger partial charge in [-0.25, -0.2) is 4.39 Å². The predicted molar refractivity (Wildman–Crippen MR) is 110 cm³/mol. The van der Waals surface area contributed by atoms with Gasteiger partial charge in [0.05, 0.1) is 50.2 Å². The van der Waals surface area contributed by atoms with Gasteiger partial charge in [-0.15, -0.1) is 0 Å². The predicted octanol–water partition coefficient (Wildman–Crippen LogP) is 2.92. The molecule has 2 saturated carbocycles. The molecule has 0 amide bonds. The molecular formula is C23H39FN2O3. The summed E-state index contributed by atoms with van der Waals surface area (Å²) >= 11 is 0. The SMILES string of the molecule is FC1CCCC2OCCN3CCC[C@@]4(COCCN4)[C@@H]3COC3CCC(CC3)C12. The summed E-state index contributed by atoms with van der Waals surface area (Å²) in [6, 6.07) is 0.328. The normalized spacial score (nSPS) is 47.5. The maximum absolute atomic E-state index is 14.9. The summed E-state index contributed by atoms with van der Waals surface area (Å²) in [6.07, 6.45) is 9.15. The summed E-state index contributed by atoms with van der Waals surface area (Å²) in [5.74, 6) is 0.570. The first-order chi connectivity index (χ1) is 14.3. The lowest BCUT2D eigenvalue weighted by Gasteiger charge is -2.52. The first kappa shape index (κ1) is 20.6. The van der Waals surface area contributed by atoms with Gasteiger partial charge in [-0.1, -0.05) is 0 Å². The maximum atomic E-state index is 14.9. The Balaban J connectivity index is 1.35. The summed E-state index contributed by atoms with van der Waals surface area (Å²) < 4.78 is 33.8. The molecule has 4 heterocycles. The minimum absolute atomic E-state index is 0.00525. The first-order valence-electron chi connectivity index (χ1n) is 12.2. The molecule has 0 radical (unpaired) electrons. The number of hydrogen-bond donors (Lipinski definition) is 1. The molecule has 6 heteroatoms. The van der Waals surface area contributed by atoms with Gasteiger partial charge in [-0.05, 0) is 70.3 Å². The molecule has 0 aromatic heterocycles. The van der Waals surface area contributed by atoms with Crippen LogP contribution in [0.3, 0.4) is 0 Å². The van der Waals surface area contributed by atoms with Gasteiger partial charge in [-0.3, -0.25) is 4.90 Å². The first-order valence-corrected chi connectivity index (χ1v) is 12.2. The molecule has 1 spiro atoms. The van der Waals surface area contributed by atoms with Crippen LogP contribution in [0.15, 0.2) is 0 Å². The molecule has 6 rings (SSSR count). The van der Waals surface area contributed by atoms with E-state index in [1.54, 1.807) is 0 Å². The molecular weight excluding hydrogens is 371 g/mol. The van der Waals surface area contributed by atoms with Crippen LogP contribution in [0.25, 0.3) is 0 Å². The van der Waals surface area contributed by atoms with Crippen molar-refractivity contribution in [3.63, 3.8) is 0 Å². The second kappa shape index (κ2) is 9.07. The van der Waals surface area contributed by atoms with E-state index in [1.807, 2.05) is 0 Å². The Morgan fingerprint density at radius 2 is 1.83 bits per heavy atom. The average molecular weight is 411 g/mol. The molecule has 29 heavy (non-hydrogen) atoms. The molecule has 5 atom stereocenters. The molecule has 3 unspecified atom stereocenters. The molecule has 2 bridgehead atoms. The Hall–Kier alpha value is -0.270. The van der Waals surface area contributed by atoms with Gasteiger partial charge < -0.3 is 19.5 Å². The lowest BCUT2D eigenvalue weighted by atomic mass is 9.70. The van der Waals surface area contributed by atoms with Crippen molar-refractivity contribution in [2.45, 2.75) is 87.7 Å². The fourth-order valence-corrected chi connectivity index (χ4v) is 6.97. The third-order valence-corrected chi connectivity index (χ3v) is 8.51. The van der Waals surface area contributed by atoms with Gasteiger partial charge in [0.2, 0.25) is 0 Å². The van der Waals surface area contributed by atoms with E-state index in [4.69, 9.17) is 14.2 Å². The van der Waals surface area contributed by atoms with Gasteiger partial charge >= 0.3 is 0 Å². The Bertz CT molecular complexity index is 531. The molecule has 0 aromatic rings. The van der Waals surface area contributed by atoms with Crippen molar-refractivity contribution >= 4 is 0 Å². The molecule has 4 saturated heterocycles. The zero-order valence-corrected chi connectivity index (χ0v) is 17.8. The number of nitrogens with one attached hydrogen (secondary N) is 1. The fraction of sp³-hybridized carbons (Fsp3) is 1.00. The maximum Gasteiger partial charge on any atom is 0.106 e. The summed E-state index contributed by atoms with van der Waals surface area (Å²) in [5, 5.41) is 3.81. The third kappa shape index (κ3) is 4.25. The van der Waals surface area contributed by atoms with Crippen molar-refractivity contribution < 1.29 is 18.6 Å². The largest absolute Gasteiger partial charge is 0.378 e. The highest BCUT2D eigenvalue weighted by Crippen LogP contribution is 2.42. The van der Waals surface area contributed by atoms with E-state index >= 15 is 0 Å². The second-order valence-electron chi connectivity index (χ2n) is 10.1. The molecule has 6 fully saturated rings. The molecule has 1 N–H and O–H groups in total. The number of halogens is 1. The molecule has 4 aliphatic heterocycles. The molecule has 0 aromatic carbocycles. The number of ether oxygens (including phenoxy) is 3. The summed E-state index contributed by atoms with van der Waals surface area (Å²) in [5.41, 5.74) is 0.00525. The molecule has 6 aliphatic rings. The summed E-state index contributed by atoms with van der Waals surface area (Å²) in [4.78, 5) is 2.57. The van der Waals surface area contributed by atoms with Gasteiger partial charge in [0.15, 0.2) is 0 Å². The number of nitrogens with zero attached hydrogens (tertiary/aromatic N) is 1. The van der Waals surface area contributed by atoms with Crippen molar-refractivity contribution in [2.75, 3.05) is 46.1 Å². The zero-order chi connectivity index (χ0) is 19.7. The van der Waals surface area contributed by atoms with E-state index in [0.29, 0.717) is 24.7 Å². The van der Waals surface area contributed by atoms with Crippen molar-refractivity contribution in [1.29, 1.82) is 0 Å². The highest BCUT2D eigenvalue weighted by Gasteiger charge is 2.47. The summed E-state index contributed by atoms with van der Waals surface area (Å²) in [7, 11) is 0. The van der Waals surface area contributed by atoms with Crippen molar-refractivity contribution in [2.24, 2.45) is 11.8 Å². The van der Waals surface area contributed by atoms with Crippen LogP contribution in [0.2, 0.25) is 0 Å². The molecule has 166 valence electrons. The monoisotopic (exact) mass is 410 g/mol. The van der Waals surface area contributed by atoms with Crippen molar-refractivity contribution in [3.8, 4) is 0 Å². The quantitative estimate of drug-likeness (QED) is 0.665. The Morgan fingerprint density at radius 1 is 0.931 bits per heavy atom. The minimum atomic E-state index is -0.684. The van der Waals surface area contributed by atoms with E-state index in [1.165, 1.54) is 6.42 Å². The second-order valence-corrected chi connectivity index (χ2v) is 10.1. The zero-order valence-electron chi connectivity index (χ0n) is 17.8. The molecule has 5 nitrogen and oxygen atoms in total. The topological polar surface area (TPSA) is 43.0 Å². The van der Waals surface area contributed by atoms with Gasteiger partial charge in [0.1, 0.15) is 6.17 Å². The third-order valence-electron chi connectivity index (χ3n) is 8.51. The Labute approximate surface area is 175 Å². The number of fused-ring (bicyclic) bond motifs is 5. The van der Waals surface area contributed by atoms with Gasteiger partial charge in [0.25, 0.3) is 0 Å².